The van der Waals surface area contributed by atoms with Crippen molar-refractivity contribution in [2.24, 2.45) is 11.5 Å². The summed E-state index contributed by atoms with van der Waals surface area (Å²) in [6.45, 7) is 1.79. The molecule has 0 aromatic heterocycles. The molecular weight excluding hydrogens is 194 g/mol. The number of hydrogen-bond donors (Lipinski definition) is 4. The first kappa shape index (κ1) is 16.3. The van der Waals surface area contributed by atoms with Crippen LogP contribution in [0, 0.1) is 5.41 Å². The zero-order chi connectivity index (χ0) is 12.1. The summed E-state index contributed by atoms with van der Waals surface area (Å²) in [5, 5.41) is 13.9. The van der Waals surface area contributed by atoms with E-state index >= 15 is 0 Å². The summed E-state index contributed by atoms with van der Waals surface area (Å²) in [5.74, 6) is 0.308. The summed E-state index contributed by atoms with van der Waals surface area (Å²) in [7, 11) is 0. The summed E-state index contributed by atoms with van der Waals surface area (Å²) in [4.78, 5) is 8.36. The second kappa shape index (κ2) is 12.9. The van der Waals surface area contributed by atoms with Gasteiger partial charge in [-0.15, -0.1) is 0 Å². The minimum atomic E-state index is -0.250. The highest BCUT2D eigenvalue weighted by atomic mass is 16.3. The van der Waals surface area contributed by atoms with Crippen LogP contribution in [0.1, 0.15) is 45.4 Å². The van der Waals surface area contributed by atoms with Crippen molar-refractivity contribution in [3.8, 4) is 0 Å². The Labute approximate surface area is 91.4 Å². The van der Waals surface area contributed by atoms with Gasteiger partial charge < -0.3 is 16.6 Å². The Balaban J connectivity index is 0. The van der Waals surface area contributed by atoms with Gasteiger partial charge in [0.05, 0.1) is 5.84 Å². The molecule has 0 fully saturated rings. The number of amidine groups is 1. The van der Waals surface area contributed by atoms with Crippen molar-refractivity contribution in [2.75, 3.05) is 0 Å². The number of unbranched alkanes of at least 4 members (excludes halogenated alkanes) is 3. The van der Waals surface area contributed by atoms with Crippen molar-refractivity contribution < 1.29 is 9.90 Å². The zero-order valence-corrected chi connectivity index (χ0v) is 9.41. The van der Waals surface area contributed by atoms with Crippen LogP contribution in [0.15, 0.2) is 0 Å². The fourth-order valence-corrected chi connectivity index (χ4v) is 1.14. The first-order valence-electron chi connectivity index (χ1n) is 5.21. The molecule has 0 aliphatic rings. The Morgan fingerprint density at radius 2 is 1.87 bits per heavy atom. The third-order valence-corrected chi connectivity index (χ3v) is 1.86. The largest absolute Gasteiger partial charge is 0.483 e. The lowest BCUT2D eigenvalue weighted by molar-refractivity contribution is -0.122. The van der Waals surface area contributed by atoms with E-state index in [9.17, 15) is 0 Å². The minimum absolute atomic E-state index is 0.250. The Morgan fingerprint density at radius 3 is 2.27 bits per heavy atom. The Kier molecular flexibility index (Phi) is 14.0. The van der Waals surface area contributed by atoms with Gasteiger partial charge in [0.2, 0.25) is 0 Å². The maximum Gasteiger partial charge on any atom is 0.290 e. The lowest BCUT2D eigenvalue weighted by atomic mass is 10.1. The van der Waals surface area contributed by atoms with Gasteiger partial charge in [0, 0.05) is 12.5 Å². The molecule has 5 nitrogen and oxygen atoms in total. The highest BCUT2D eigenvalue weighted by Crippen LogP contribution is 2.05. The standard InChI is InChI=1S/C9H21N3.CH2O2/c1-8(10)6-4-2-3-5-7-9(11)12;2-1-3/h8H,2-7,10H2,1H3,(H3,11,12);1H,(H,2,3). The SMILES string of the molecule is CC(N)CCCCCCC(=N)N.O=CO. The molecule has 0 spiro atoms. The molecule has 0 amide bonds. The predicted octanol–water partition coefficient (Wildman–Crippen LogP) is 1.31. The van der Waals surface area contributed by atoms with Crippen LogP contribution >= 0.6 is 0 Å². The molecule has 5 heteroatoms. The first-order chi connectivity index (χ1) is 7.04. The van der Waals surface area contributed by atoms with Gasteiger partial charge in [-0.25, -0.2) is 0 Å². The van der Waals surface area contributed by atoms with Crippen LogP contribution in [0.3, 0.4) is 0 Å². The normalized spacial score (nSPS) is 11.1. The average Bonchev–Trinajstić information content (AvgIpc) is 2.11. The molecule has 1 unspecified atom stereocenters. The average molecular weight is 217 g/mol. The third kappa shape index (κ3) is 24.6. The predicted molar refractivity (Wildman–Crippen MR) is 62.0 cm³/mol. The first-order valence-corrected chi connectivity index (χ1v) is 5.21. The Hall–Kier alpha value is -1.10. The van der Waals surface area contributed by atoms with Crippen molar-refractivity contribution in [1.82, 2.24) is 0 Å². The Morgan fingerprint density at radius 1 is 1.40 bits per heavy atom. The molecule has 90 valence electrons. The van der Waals surface area contributed by atoms with Gasteiger partial charge in [-0.05, 0) is 19.8 Å². The van der Waals surface area contributed by atoms with E-state index in [1.165, 1.54) is 19.3 Å². The van der Waals surface area contributed by atoms with E-state index in [0.29, 0.717) is 11.9 Å². The quantitative estimate of drug-likeness (QED) is 0.223. The number of nitrogens with two attached hydrogens (primary N) is 2. The molecule has 0 aliphatic carbocycles. The van der Waals surface area contributed by atoms with E-state index < -0.39 is 0 Å². The Bertz CT molecular complexity index is 161. The van der Waals surface area contributed by atoms with Crippen molar-refractivity contribution in [3.05, 3.63) is 0 Å². The van der Waals surface area contributed by atoms with Crippen LogP contribution in [0.2, 0.25) is 0 Å². The second-order valence-electron chi connectivity index (χ2n) is 3.56. The van der Waals surface area contributed by atoms with Gasteiger partial charge in [-0.1, -0.05) is 19.3 Å². The van der Waals surface area contributed by atoms with E-state index in [1.54, 1.807) is 0 Å². The molecule has 0 aromatic carbocycles. The van der Waals surface area contributed by atoms with Crippen molar-refractivity contribution in [1.29, 1.82) is 5.41 Å². The van der Waals surface area contributed by atoms with Crippen molar-refractivity contribution in [3.63, 3.8) is 0 Å². The van der Waals surface area contributed by atoms with E-state index in [0.717, 1.165) is 19.3 Å². The topological polar surface area (TPSA) is 113 Å². The molecule has 0 saturated heterocycles. The van der Waals surface area contributed by atoms with Crippen LogP contribution in [0.25, 0.3) is 0 Å². The number of carboxylic acid groups (broad SMARTS) is 1. The van der Waals surface area contributed by atoms with E-state index in [1.807, 2.05) is 6.92 Å². The molecule has 0 bridgehead atoms. The summed E-state index contributed by atoms with van der Waals surface area (Å²) < 4.78 is 0. The van der Waals surface area contributed by atoms with Gasteiger partial charge in [0.25, 0.3) is 6.47 Å². The summed E-state index contributed by atoms with van der Waals surface area (Å²) in [6.07, 6.45) is 6.50. The smallest absolute Gasteiger partial charge is 0.290 e. The van der Waals surface area contributed by atoms with E-state index in [4.69, 9.17) is 26.8 Å². The fourth-order valence-electron chi connectivity index (χ4n) is 1.14. The summed E-state index contributed by atoms with van der Waals surface area (Å²) in [6, 6.07) is 0.331. The molecule has 1 atom stereocenters. The molecule has 15 heavy (non-hydrogen) atoms. The van der Waals surface area contributed by atoms with Gasteiger partial charge in [0.15, 0.2) is 0 Å². The molecule has 0 heterocycles. The third-order valence-electron chi connectivity index (χ3n) is 1.86. The van der Waals surface area contributed by atoms with Crippen LogP contribution in [-0.4, -0.2) is 23.5 Å². The number of rotatable bonds is 7. The van der Waals surface area contributed by atoms with Gasteiger partial charge >= 0.3 is 0 Å². The van der Waals surface area contributed by atoms with Gasteiger partial charge in [-0.2, -0.15) is 0 Å². The molecule has 0 radical (unpaired) electrons. The monoisotopic (exact) mass is 217 g/mol. The summed E-state index contributed by atoms with van der Waals surface area (Å²) >= 11 is 0. The molecule has 0 aromatic rings. The highest BCUT2D eigenvalue weighted by Gasteiger charge is 1.95. The maximum atomic E-state index is 8.36. The van der Waals surface area contributed by atoms with Crippen LogP contribution in [0.5, 0.6) is 0 Å². The lowest BCUT2D eigenvalue weighted by Gasteiger charge is -2.03. The summed E-state index contributed by atoms with van der Waals surface area (Å²) in [5.41, 5.74) is 10.8. The van der Waals surface area contributed by atoms with Gasteiger partial charge in [0.1, 0.15) is 0 Å². The minimum Gasteiger partial charge on any atom is -0.483 e. The number of nitrogens with one attached hydrogen (secondary N) is 1. The zero-order valence-electron chi connectivity index (χ0n) is 9.41. The second-order valence-corrected chi connectivity index (χ2v) is 3.56. The van der Waals surface area contributed by atoms with Crippen LogP contribution < -0.4 is 11.5 Å². The molecule has 6 N–H and O–H groups in total. The van der Waals surface area contributed by atoms with Crippen molar-refractivity contribution in [2.45, 2.75) is 51.5 Å². The van der Waals surface area contributed by atoms with Crippen molar-refractivity contribution >= 4 is 12.3 Å². The van der Waals surface area contributed by atoms with Gasteiger partial charge in [-0.3, -0.25) is 10.2 Å². The fraction of sp³-hybridized carbons (Fsp3) is 0.800. The van der Waals surface area contributed by atoms with E-state index in [-0.39, 0.29) is 6.47 Å². The maximum absolute atomic E-state index is 8.36. The highest BCUT2D eigenvalue weighted by molar-refractivity contribution is 5.76. The lowest BCUT2D eigenvalue weighted by Crippen LogP contribution is -2.14. The molecular formula is C10H23N3O2. The molecule has 0 saturated carbocycles. The molecule has 0 rings (SSSR count). The molecule has 0 aliphatic heterocycles. The number of hydrogen-bond acceptors (Lipinski definition) is 3. The van der Waals surface area contributed by atoms with Crippen LogP contribution in [0.4, 0.5) is 0 Å². The van der Waals surface area contributed by atoms with E-state index in [2.05, 4.69) is 0 Å². The van der Waals surface area contributed by atoms with Crippen LogP contribution in [-0.2, 0) is 4.79 Å². The number of carbonyl (C=O) groups is 1.